The zero-order valence-corrected chi connectivity index (χ0v) is 15.8. The van der Waals surface area contributed by atoms with Crippen LogP contribution in [0.2, 0.25) is 0 Å². The minimum absolute atomic E-state index is 0.288. The number of nitrogens with zero attached hydrogens (tertiary/aromatic N) is 5. The minimum Gasteiger partial charge on any atom is -0.338 e. The molecule has 0 aliphatic carbocycles. The smallest absolute Gasteiger partial charge is 0.332 e. The molecule has 4 rings (SSSR count). The number of aryl methyl sites for hydroxylation is 1. The fourth-order valence-corrected chi connectivity index (χ4v) is 4.20. The van der Waals surface area contributed by atoms with Crippen LogP contribution in [0.4, 0.5) is 5.95 Å². The lowest BCUT2D eigenvalue weighted by Crippen LogP contribution is -2.38. The number of aromatic nitrogens is 4. The molecule has 0 aromatic carbocycles. The average Bonchev–Trinajstić information content (AvgIpc) is 3.29. The number of rotatable bonds is 3. The number of anilines is 1. The molecule has 2 fully saturated rings. The molecule has 2 atom stereocenters. The van der Waals surface area contributed by atoms with Gasteiger partial charge in [-0.25, -0.2) is 4.79 Å². The third-order valence-electron chi connectivity index (χ3n) is 5.71. The van der Waals surface area contributed by atoms with Crippen molar-refractivity contribution in [2.24, 2.45) is 20.0 Å². The fraction of sp³-hybridized carbons (Fsp3) is 0.611. The second-order valence-corrected chi connectivity index (χ2v) is 7.65. The summed E-state index contributed by atoms with van der Waals surface area (Å²) >= 11 is 0. The fourth-order valence-electron chi connectivity index (χ4n) is 4.20. The standard InChI is InChI=1S/C18H26N6O2/c1-11(2)5-7-24-14-15(21(3)18(26)22(4)16(14)25)20-17(24)23-8-6-12-9-19-10-13(12)23/h5,12-13,19H,6-10H2,1-4H3. The molecular formula is C18H26N6O2. The van der Waals surface area contributed by atoms with Gasteiger partial charge in [0.15, 0.2) is 11.2 Å². The number of nitrogens with one attached hydrogen (secondary N) is 1. The van der Waals surface area contributed by atoms with Gasteiger partial charge in [-0.15, -0.1) is 0 Å². The van der Waals surface area contributed by atoms with E-state index in [4.69, 9.17) is 4.98 Å². The monoisotopic (exact) mass is 358 g/mol. The van der Waals surface area contributed by atoms with Crippen LogP contribution in [-0.4, -0.2) is 44.4 Å². The highest BCUT2D eigenvalue weighted by Crippen LogP contribution is 2.32. The van der Waals surface area contributed by atoms with Crippen molar-refractivity contribution < 1.29 is 0 Å². The molecule has 2 aromatic heterocycles. The van der Waals surface area contributed by atoms with Crippen molar-refractivity contribution in [3.8, 4) is 0 Å². The first-order chi connectivity index (χ1) is 12.4. The summed E-state index contributed by atoms with van der Waals surface area (Å²) in [6.45, 7) is 7.56. The predicted octanol–water partition coefficient (Wildman–Crippen LogP) is 0.198. The Hall–Kier alpha value is -2.35. The van der Waals surface area contributed by atoms with Crippen molar-refractivity contribution in [3.05, 3.63) is 32.5 Å². The number of hydrogen-bond acceptors (Lipinski definition) is 5. The summed E-state index contributed by atoms with van der Waals surface area (Å²) in [7, 11) is 3.20. The molecule has 140 valence electrons. The van der Waals surface area contributed by atoms with Gasteiger partial charge in [0.1, 0.15) is 0 Å². The summed E-state index contributed by atoms with van der Waals surface area (Å²) in [6, 6.07) is 0.401. The molecule has 2 unspecified atom stereocenters. The van der Waals surface area contributed by atoms with E-state index in [9.17, 15) is 9.59 Å². The lowest BCUT2D eigenvalue weighted by atomic mass is 10.1. The zero-order chi connectivity index (χ0) is 18.6. The van der Waals surface area contributed by atoms with Crippen LogP contribution in [0.3, 0.4) is 0 Å². The molecule has 2 aromatic rings. The molecule has 2 aliphatic heterocycles. The molecular weight excluding hydrogens is 332 g/mol. The van der Waals surface area contributed by atoms with Gasteiger partial charge in [0.2, 0.25) is 5.95 Å². The Labute approximate surface area is 151 Å². The van der Waals surface area contributed by atoms with Gasteiger partial charge < -0.3 is 14.8 Å². The molecule has 8 nitrogen and oxygen atoms in total. The predicted molar refractivity (Wildman–Crippen MR) is 102 cm³/mol. The highest BCUT2D eigenvalue weighted by atomic mass is 16.2. The zero-order valence-electron chi connectivity index (χ0n) is 15.8. The quantitative estimate of drug-likeness (QED) is 0.793. The van der Waals surface area contributed by atoms with Crippen LogP contribution >= 0.6 is 0 Å². The van der Waals surface area contributed by atoms with Gasteiger partial charge in [-0.3, -0.25) is 13.9 Å². The molecule has 4 heterocycles. The molecule has 0 spiro atoms. The second-order valence-electron chi connectivity index (χ2n) is 7.65. The van der Waals surface area contributed by atoms with Crippen molar-refractivity contribution in [2.45, 2.75) is 32.9 Å². The lowest BCUT2D eigenvalue weighted by Gasteiger charge is -2.25. The van der Waals surface area contributed by atoms with E-state index in [0.29, 0.717) is 29.7 Å². The van der Waals surface area contributed by atoms with Crippen LogP contribution in [0.15, 0.2) is 21.2 Å². The Kier molecular flexibility index (Phi) is 4.02. The molecule has 26 heavy (non-hydrogen) atoms. The first-order valence-corrected chi connectivity index (χ1v) is 9.17. The molecule has 2 aliphatic rings. The Morgan fingerprint density at radius 1 is 1.23 bits per heavy atom. The van der Waals surface area contributed by atoms with Crippen molar-refractivity contribution in [1.82, 2.24) is 24.0 Å². The van der Waals surface area contributed by atoms with Gasteiger partial charge >= 0.3 is 5.69 Å². The lowest BCUT2D eigenvalue weighted by molar-refractivity contribution is 0.573. The van der Waals surface area contributed by atoms with E-state index in [1.807, 2.05) is 18.4 Å². The molecule has 2 saturated heterocycles. The Morgan fingerprint density at radius 2 is 2.00 bits per heavy atom. The van der Waals surface area contributed by atoms with E-state index in [-0.39, 0.29) is 11.2 Å². The average molecular weight is 358 g/mol. The maximum absolute atomic E-state index is 12.9. The Balaban J connectivity index is 1.97. The summed E-state index contributed by atoms with van der Waals surface area (Å²) in [4.78, 5) is 32.3. The van der Waals surface area contributed by atoms with Gasteiger partial charge in [-0.2, -0.15) is 4.98 Å². The minimum atomic E-state index is -0.345. The van der Waals surface area contributed by atoms with Gasteiger partial charge in [-0.1, -0.05) is 11.6 Å². The molecule has 0 amide bonds. The summed E-state index contributed by atoms with van der Waals surface area (Å²) in [5.74, 6) is 1.42. The molecule has 0 radical (unpaired) electrons. The number of hydrogen-bond donors (Lipinski definition) is 1. The first-order valence-electron chi connectivity index (χ1n) is 9.17. The van der Waals surface area contributed by atoms with Crippen LogP contribution in [0.25, 0.3) is 11.2 Å². The van der Waals surface area contributed by atoms with Crippen molar-refractivity contribution >= 4 is 17.1 Å². The summed E-state index contributed by atoms with van der Waals surface area (Å²) in [6.07, 6.45) is 3.22. The normalized spacial score (nSPS) is 22.2. The molecule has 0 bridgehead atoms. The van der Waals surface area contributed by atoms with Crippen LogP contribution < -0.4 is 21.5 Å². The van der Waals surface area contributed by atoms with Crippen molar-refractivity contribution in [3.63, 3.8) is 0 Å². The van der Waals surface area contributed by atoms with Gasteiger partial charge in [0.05, 0.1) is 0 Å². The molecule has 1 N–H and O–H groups in total. The summed E-state index contributed by atoms with van der Waals surface area (Å²) in [5, 5.41) is 3.46. The van der Waals surface area contributed by atoms with Gasteiger partial charge in [-0.05, 0) is 26.2 Å². The molecule has 0 saturated carbocycles. The van der Waals surface area contributed by atoms with Crippen LogP contribution in [-0.2, 0) is 20.6 Å². The van der Waals surface area contributed by atoms with Crippen molar-refractivity contribution in [2.75, 3.05) is 24.5 Å². The third kappa shape index (κ3) is 2.43. The highest BCUT2D eigenvalue weighted by Gasteiger charge is 2.40. The van der Waals surface area contributed by atoms with Gasteiger partial charge in [0, 0.05) is 46.3 Å². The van der Waals surface area contributed by atoms with E-state index in [1.165, 1.54) is 17.2 Å². The second kappa shape index (κ2) is 6.12. The maximum atomic E-state index is 12.9. The van der Waals surface area contributed by atoms with Crippen molar-refractivity contribution in [1.29, 1.82) is 0 Å². The first kappa shape index (κ1) is 17.1. The van der Waals surface area contributed by atoms with E-state index in [1.54, 1.807) is 7.05 Å². The van der Waals surface area contributed by atoms with E-state index >= 15 is 0 Å². The largest absolute Gasteiger partial charge is 0.338 e. The molecule has 8 heteroatoms. The number of allylic oxidation sites excluding steroid dienone is 2. The summed E-state index contributed by atoms with van der Waals surface area (Å²) in [5.41, 5.74) is 1.51. The third-order valence-corrected chi connectivity index (χ3v) is 5.71. The number of fused-ring (bicyclic) bond motifs is 2. The maximum Gasteiger partial charge on any atom is 0.332 e. The highest BCUT2D eigenvalue weighted by molar-refractivity contribution is 5.75. The van der Waals surface area contributed by atoms with Crippen LogP contribution in [0.1, 0.15) is 20.3 Å². The van der Waals surface area contributed by atoms with E-state index in [2.05, 4.69) is 16.3 Å². The van der Waals surface area contributed by atoms with Crippen LogP contribution in [0, 0.1) is 5.92 Å². The SMILES string of the molecule is CC(C)=CCn1c(N2CCC3CNCC32)nc2c1c(=O)n(C)c(=O)n2C. The van der Waals surface area contributed by atoms with E-state index < -0.39 is 0 Å². The summed E-state index contributed by atoms with van der Waals surface area (Å²) < 4.78 is 4.61. The number of imidazole rings is 1. The topological polar surface area (TPSA) is 77.1 Å². The van der Waals surface area contributed by atoms with Crippen LogP contribution in [0.5, 0.6) is 0 Å². The Morgan fingerprint density at radius 3 is 2.73 bits per heavy atom. The van der Waals surface area contributed by atoms with E-state index in [0.717, 1.165) is 36.6 Å². The Bertz CT molecular complexity index is 1010. The van der Waals surface area contributed by atoms with Gasteiger partial charge in [0.25, 0.3) is 5.56 Å².